The second-order valence-electron chi connectivity index (χ2n) is 9.27. The quantitative estimate of drug-likeness (QED) is 0.262. The van der Waals surface area contributed by atoms with E-state index in [9.17, 15) is 24.3 Å². The van der Waals surface area contributed by atoms with Gasteiger partial charge in [-0.1, -0.05) is 39.7 Å². The van der Waals surface area contributed by atoms with Gasteiger partial charge in [0.05, 0.1) is 17.3 Å². The number of likely N-dealkylation sites (tertiary alicyclic amines) is 2. The number of phenols is 1. The smallest absolute Gasteiger partial charge is 0.254 e. The molecule has 174 valence electrons. The first-order valence-corrected chi connectivity index (χ1v) is 12.5. The Hall–Kier alpha value is -1.90. The fourth-order valence-corrected chi connectivity index (χ4v) is 7.57. The SMILES string of the molecule is Cc1cc([C@H]2C3=CC[C@@H]4C(=O)N(C)C(=O)[C@@H]4[C@@H]3C[C@@]3(Cl)C(=O)N(CBr)C(=O)[C@@]23Cl)ccc1O. The average molecular weight is 556 g/mol. The van der Waals surface area contributed by atoms with Crippen LogP contribution in [0.2, 0.25) is 0 Å². The summed E-state index contributed by atoms with van der Waals surface area (Å²) < 4.78 is 0. The van der Waals surface area contributed by atoms with E-state index in [1.165, 1.54) is 13.1 Å². The number of carbonyl (C=O) groups is 4. The lowest BCUT2D eigenvalue weighted by atomic mass is 9.56. The van der Waals surface area contributed by atoms with Gasteiger partial charge in [-0.25, -0.2) is 0 Å². The number of aromatic hydroxyl groups is 1. The summed E-state index contributed by atoms with van der Waals surface area (Å²) in [5.74, 6) is -4.24. The Bertz CT molecular complexity index is 1170. The lowest BCUT2D eigenvalue weighted by Gasteiger charge is -2.50. The van der Waals surface area contributed by atoms with Gasteiger partial charge in [-0.3, -0.25) is 29.0 Å². The van der Waals surface area contributed by atoms with Crippen LogP contribution in [0.25, 0.3) is 0 Å². The van der Waals surface area contributed by atoms with Gasteiger partial charge in [0.15, 0.2) is 9.75 Å². The number of amides is 4. The first kappa shape index (κ1) is 22.9. The number of benzene rings is 1. The molecule has 3 fully saturated rings. The molecule has 0 unspecified atom stereocenters. The highest BCUT2D eigenvalue weighted by Crippen LogP contribution is 2.65. The normalized spacial score (nSPS) is 37.8. The standard InChI is InChI=1S/C23H21BrCl2N2O5/c1-10-7-11(3-6-15(10)29)17-12-4-5-13-16(19(31)27(2)18(13)30)14(12)8-22(25)20(32)28(9-24)21(33)23(17,22)26/h3-4,6-7,13-14,16-17,29H,5,8-9H2,1-2H3/t13-,14+,16-,17-,22+,23-/m0/s1. The monoisotopic (exact) mass is 554 g/mol. The van der Waals surface area contributed by atoms with Crippen molar-refractivity contribution in [2.45, 2.75) is 35.4 Å². The van der Waals surface area contributed by atoms with E-state index in [-0.39, 0.29) is 29.4 Å². The molecule has 0 spiro atoms. The fourth-order valence-electron chi connectivity index (χ4n) is 6.14. The maximum absolute atomic E-state index is 13.6. The van der Waals surface area contributed by atoms with Crippen molar-refractivity contribution in [3.05, 3.63) is 41.0 Å². The van der Waals surface area contributed by atoms with E-state index >= 15 is 0 Å². The minimum absolute atomic E-state index is 0.0282. The van der Waals surface area contributed by atoms with E-state index in [0.717, 1.165) is 15.4 Å². The van der Waals surface area contributed by atoms with Crippen molar-refractivity contribution in [3.63, 3.8) is 0 Å². The third-order valence-corrected chi connectivity index (χ3v) is 9.70. The van der Waals surface area contributed by atoms with Gasteiger partial charge in [0, 0.05) is 13.0 Å². The highest BCUT2D eigenvalue weighted by Gasteiger charge is 2.76. The molecule has 6 atom stereocenters. The third kappa shape index (κ3) is 2.68. The molecule has 33 heavy (non-hydrogen) atoms. The second kappa shape index (κ2) is 7.30. The predicted octanol–water partition coefficient (Wildman–Crippen LogP) is 3.04. The summed E-state index contributed by atoms with van der Waals surface area (Å²) in [7, 11) is 1.46. The molecule has 1 saturated carbocycles. The van der Waals surface area contributed by atoms with Gasteiger partial charge in [0.1, 0.15) is 5.75 Å². The average Bonchev–Trinajstić information content (AvgIpc) is 3.09. The molecule has 7 nitrogen and oxygen atoms in total. The lowest BCUT2D eigenvalue weighted by Crippen LogP contribution is -2.60. The number of halogens is 3. The van der Waals surface area contributed by atoms with Gasteiger partial charge in [-0.05, 0) is 42.9 Å². The summed E-state index contributed by atoms with van der Waals surface area (Å²) in [4.78, 5) is 51.3. The number of carbonyl (C=O) groups excluding carboxylic acids is 4. The van der Waals surface area contributed by atoms with Crippen LogP contribution in [0.4, 0.5) is 0 Å². The summed E-state index contributed by atoms with van der Waals surface area (Å²) in [5.41, 5.74) is 1.86. The molecule has 2 saturated heterocycles. The highest BCUT2D eigenvalue weighted by molar-refractivity contribution is 9.09. The van der Waals surface area contributed by atoms with Gasteiger partial charge in [-0.15, -0.1) is 23.2 Å². The molecule has 0 aromatic heterocycles. The summed E-state index contributed by atoms with van der Waals surface area (Å²) in [5, 5.41) is 10.1. The van der Waals surface area contributed by atoms with E-state index in [2.05, 4.69) is 15.9 Å². The molecule has 1 aromatic carbocycles. The van der Waals surface area contributed by atoms with Gasteiger partial charge in [0.25, 0.3) is 11.8 Å². The molecule has 4 aliphatic rings. The molecule has 0 bridgehead atoms. The van der Waals surface area contributed by atoms with Crippen LogP contribution in [0.5, 0.6) is 5.75 Å². The van der Waals surface area contributed by atoms with Crippen LogP contribution >= 0.6 is 39.1 Å². The predicted molar refractivity (Wildman–Crippen MR) is 124 cm³/mol. The molecular formula is C23H21BrCl2N2O5. The van der Waals surface area contributed by atoms with Crippen molar-refractivity contribution in [2.24, 2.45) is 17.8 Å². The Kier molecular flexibility index (Phi) is 5.06. The van der Waals surface area contributed by atoms with Crippen molar-refractivity contribution < 1.29 is 24.3 Å². The zero-order chi connectivity index (χ0) is 24.0. The number of hydrogen-bond acceptors (Lipinski definition) is 5. The van der Waals surface area contributed by atoms with Crippen LogP contribution in [0.3, 0.4) is 0 Å². The van der Waals surface area contributed by atoms with Crippen molar-refractivity contribution in [3.8, 4) is 5.75 Å². The van der Waals surface area contributed by atoms with E-state index in [1.807, 2.05) is 6.08 Å². The molecule has 10 heteroatoms. The molecule has 4 amide bonds. The van der Waals surface area contributed by atoms with Crippen molar-refractivity contribution in [1.82, 2.24) is 9.80 Å². The number of hydrogen-bond donors (Lipinski definition) is 1. The summed E-state index contributed by atoms with van der Waals surface area (Å²) in [6.07, 6.45) is 2.20. The van der Waals surface area contributed by atoms with Gasteiger partial charge in [-0.2, -0.15) is 0 Å². The number of allylic oxidation sites excluding steroid dienone is 2. The van der Waals surface area contributed by atoms with Crippen LogP contribution in [0.1, 0.15) is 29.9 Å². The molecule has 2 aliphatic heterocycles. The third-order valence-electron chi connectivity index (χ3n) is 7.79. The number of aryl methyl sites for hydroxylation is 1. The number of fused-ring (bicyclic) bond motifs is 4. The Morgan fingerprint density at radius 2 is 1.82 bits per heavy atom. The molecule has 1 N–H and O–H groups in total. The number of alkyl halides is 3. The highest BCUT2D eigenvalue weighted by atomic mass is 79.9. The molecule has 2 heterocycles. The number of rotatable bonds is 2. The maximum Gasteiger partial charge on any atom is 0.254 e. The summed E-state index contributed by atoms with van der Waals surface area (Å²) in [6.45, 7) is 1.72. The first-order valence-electron chi connectivity index (χ1n) is 10.6. The minimum Gasteiger partial charge on any atom is -0.508 e. The van der Waals surface area contributed by atoms with Gasteiger partial charge >= 0.3 is 0 Å². The molecule has 0 radical (unpaired) electrons. The Morgan fingerprint density at radius 3 is 2.45 bits per heavy atom. The topological polar surface area (TPSA) is 95.0 Å². The van der Waals surface area contributed by atoms with Crippen LogP contribution in [0, 0.1) is 24.7 Å². The number of phenolic OH excluding ortho intramolecular Hbond substituents is 1. The van der Waals surface area contributed by atoms with Crippen LogP contribution in [-0.2, 0) is 19.2 Å². The molecule has 1 aromatic rings. The van der Waals surface area contributed by atoms with Gasteiger partial charge < -0.3 is 5.11 Å². The second-order valence-corrected chi connectivity index (χ2v) is 11.0. The largest absolute Gasteiger partial charge is 0.508 e. The Labute approximate surface area is 208 Å². The maximum atomic E-state index is 13.6. The van der Waals surface area contributed by atoms with Gasteiger partial charge in [0.2, 0.25) is 11.8 Å². The summed E-state index contributed by atoms with van der Waals surface area (Å²) in [6, 6.07) is 4.89. The van der Waals surface area contributed by atoms with Crippen molar-refractivity contribution in [1.29, 1.82) is 0 Å². The molecular weight excluding hydrogens is 535 g/mol. The molecule has 2 aliphatic carbocycles. The van der Waals surface area contributed by atoms with Crippen LogP contribution in [0.15, 0.2) is 29.8 Å². The first-order chi connectivity index (χ1) is 15.5. The van der Waals surface area contributed by atoms with E-state index in [0.29, 0.717) is 17.5 Å². The number of imide groups is 2. The fraction of sp³-hybridized carbons (Fsp3) is 0.478. The minimum atomic E-state index is -1.82. The van der Waals surface area contributed by atoms with E-state index < -0.39 is 45.2 Å². The van der Waals surface area contributed by atoms with E-state index in [1.54, 1.807) is 19.1 Å². The Morgan fingerprint density at radius 1 is 1.12 bits per heavy atom. The number of nitrogens with zero attached hydrogens (tertiary/aromatic N) is 2. The summed E-state index contributed by atoms with van der Waals surface area (Å²) >= 11 is 17.4. The Balaban J connectivity index is 1.76. The van der Waals surface area contributed by atoms with Crippen molar-refractivity contribution >= 4 is 62.8 Å². The lowest BCUT2D eigenvalue weighted by molar-refractivity contribution is -0.140. The zero-order valence-electron chi connectivity index (χ0n) is 17.8. The molecule has 5 rings (SSSR count). The zero-order valence-corrected chi connectivity index (χ0v) is 20.9. The van der Waals surface area contributed by atoms with Crippen LogP contribution < -0.4 is 0 Å². The van der Waals surface area contributed by atoms with E-state index in [4.69, 9.17) is 23.2 Å². The van der Waals surface area contributed by atoms with Crippen molar-refractivity contribution in [2.75, 3.05) is 12.5 Å². The van der Waals surface area contributed by atoms with Crippen LogP contribution in [-0.4, -0.2) is 60.8 Å².